The molecule has 2 bridgehead atoms. The van der Waals surface area contributed by atoms with Crippen LogP contribution in [0.25, 0.3) is 0 Å². The van der Waals surface area contributed by atoms with Crippen LogP contribution in [0.2, 0.25) is 0 Å². The lowest BCUT2D eigenvalue weighted by atomic mass is 9.87. The van der Waals surface area contributed by atoms with Crippen LogP contribution in [-0.4, -0.2) is 55.1 Å². The highest BCUT2D eigenvalue weighted by Crippen LogP contribution is 2.43. The zero-order valence-electron chi connectivity index (χ0n) is 17.7. The number of piperidine rings is 3. The number of nitrogens with one attached hydrogen (secondary N) is 1. The van der Waals surface area contributed by atoms with Crippen LogP contribution >= 0.6 is 15.9 Å². The second-order valence-electron chi connectivity index (χ2n) is 8.34. The number of halogens is 1. The number of nitro benzene ring substituents is 1. The van der Waals surface area contributed by atoms with Gasteiger partial charge in [0.05, 0.1) is 21.0 Å². The van der Waals surface area contributed by atoms with Crippen LogP contribution in [0.15, 0.2) is 46.9 Å². The molecule has 0 unspecified atom stereocenters. The summed E-state index contributed by atoms with van der Waals surface area (Å²) in [6, 6.07) is 10.5. The van der Waals surface area contributed by atoms with Crippen LogP contribution in [0, 0.1) is 10.1 Å². The molecule has 3 fully saturated rings. The molecule has 2 aromatic rings. The lowest BCUT2D eigenvalue weighted by Crippen LogP contribution is -2.60. The fourth-order valence-corrected chi connectivity index (χ4v) is 6.93. The highest BCUT2D eigenvalue weighted by Gasteiger charge is 2.52. The van der Waals surface area contributed by atoms with Crippen molar-refractivity contribution in [2.45, 2.75) is 24.0 Å². The van der Waals surface area contributed by atoms with Gasteiger partial charge in [-0.15, -0.1) is 0 Å². The molecule has 33 heavy (non-hydrogen) atoms. The molecule has 0 aromatic heterocycles. The van der Waals surface area contributed by atoms with Gasteiger partial charge in [0.25, 0.3) is 5.69 Å². The molecule has 2 aromatic carbocycles. The first-order valence-electron chi connectivity index (χ1n) is 10.5. The van der Waals surface area contributed by atoms with Crippen LogP contribution in [0.4, 0.5) is 22.7 Å². The highest BCUT2D eigenvalue weighted by atomic mass is 79.9. The summed E-state index contributed by atoms with van der Waals surface area (Å²) in [4.78, 5) is 25.9. The van der Waals surface area contributed by atoms with Crippen molar-refractivity contribution < 1.29 is 18.1 Å². The Balaban J connectivity index is 1.72. The van der Waals surface area contributed by atoms with E-state index in [0.717, 1.165) is 14.8 Å². The standard InChI is InChI=1S/C21H24BrN5O5S/c22-15-1-3-16(4-2-15)24-20(28)14-26(19-13-17(27(29)30)5-6-18(19)23)33(31,32)21-7-10-25(11-8-21)12-9-21/h1-6,13H,7-12,14,23H2,(H,24,28). The molecule has 5 rings (SSSR count). The molecule has 3 aliphatic rings. The van der Waals surface area contributed by atoms with Gasteiger partial charge >= 0.3 is 0 Å². The number of carbonyl (C=O) groups is 1. The largest absolute Gasteiger partial charge is 0.397 e. The van der Waals surface area contributed by atoms with E-state index >= 15 is 0 Å². The number of hydrogen-bond donors (Lipinski definition) is 2. The molecule has 12 heteroatoms. The number of carbonyl (C=O) groups excluding carboxylic acids is 1. The molecule has 3 aliphatic heterocycles. The van der Waals surface area contributed by atoms with Crippen LogP contribution in [0.3, 0.4) is 0 Å². The summed E-state index contributed by atoms with van der Waals surface area (Å²) in [7, 11) is -4.07. The maximum absolute atomic E-state index is 14.0. The Morgan fingerprint density at radius 3 is 2.33 bits per heavy atom. The molecule has 0 spiro atoms. The van der Waals surface area contributed by atoms with Crippen LogP contribution in [-0.2, 0) is 14.8 Å². The molecule has 0 atom stereocenters. The minimum atomic E-state index is -4.07. The van der Waals surface area contributed by atoms with Gasteiger partial charge in [0, 0.05) is 22.3 Å². The number of benzene rings is 2. The van der Waals surface area contributed by atoms with E-state index in [1.54, 1.807) is 24.3 Å². The van der Waals surface area contributed by atoms with Crippen molar-refractivity contribution in [3.8, 4) is 0 Å². The van der Waals surface area contributed by atoms with Crippen molar-refractivity contribution in [3.63, 3.8) is 0 Å². The average molecular weight is 538 g/mol. The number of nitro groups is 1. The van der Waals surface area contributed by atoms with E-state index in [1.807, 2.05) is 0 Å². The predicted octanol–water partition coefficient (Wildman–Crippen LogP) is 2.95. The van der Waals surface area contributed by atoms with Gasteiger partial charge in [0.2, 0.25) is 15.9 Å². The van der Waals surface area contributed by atoms with Gasteiger partial charge in [-0.25, -0.2) is 8.42 Å². The Hall–Kier alpha value is -2.70. The molecule has 176 valence electrons. The van der Waals surface area contributed by atoms with Crippen molar-refractivity contribution in [2.24, 2.45) is 0 Å². The van der Waals surface area contributed by atoms with Crippen LogP contribution in [0.1, 0.15) is 19.3 Å². The molecule has 10 nitrogen and oxygen atoms in total. The van der Waals surface area contributed by atoms with Crippen molar-refractivity contribution in [1.29, 1.82) is 0 Å². The number of sulfonamides is 1. The fourth-order valence-electron chi connectivity index (χ4n) is 4.44. The van der Waals surface area contributed by atoms with E-state index in [9.17, 15) is 23.3 Å². The maximum atomic E-state index is 14.0. The predicted molar refractivity (Wildman–Crippen MR) is 130 cm³/mol. The van der Waals surface area contributed by atoms with Crippen molar-refractivity contribution in [3.05, 3.63) is 57.1 Å². The lowest BCUT2D eigenvalue weighted by molar-refractivity contribution is -0.384. The van der Waals surface area contributed by atoms with E-state index in [-0.39, 0.29) is 17.1 Å². The van der Waals surface area contributed by atoms with Crippen LogP contribution < -0.4 is 15.4 Å². The number of fused-ring (bicyclic) bond motifs is 3. The molecule has 0 aliphatic carbocycles. The second-order valence-corrected chi connectivity index (χ2v) is 11.5. The summed E-state index contributed by atoms with van der Waals surface area (Å²) in [5.41, 5.74) is 6.27. The summed E-state index contributed by atoms with van der Waals surface area (Å²) in [5, 5.41) is 14.1. The van der Waals surface area contributed by atoms with Gasteiger partial charge < -0.3 is 16.0 Å². The van der Waals surface area contributed by atoms with Crippen molar-refractivity contribution in [1.82, 2.24) is 4.90 Å². The Kier molecular flexibility index (Phi) is 6.34. The Morgan fingerprint density at radius 1 is 1.15 bits per heavy atom. The summed E-state index contributed by atoms with van der Waals surface area (Å²) in [6.07, 6.45) is 1.32. The first-order chi connectivity index (χ1) is 15.6. The number of nitrogen functional groups attached to an aromatic ring is 1. The number of hydrogen-bond acceptors (Lipinski definition) is 7. The molecule has 3 heterocycles. The summed E-state index contributed by atoms with van der Waals surface area (Å²) >= 11 is 3.32. The second kappa shape index (κ2) is 8.92. The number of rotatable bonds is 7. The smallest absolute Gasteiger partial charge is 0.271 e. The summed E-state index contributed by atoms with van der Waals surface area (Å²) in [5.74, 6) is -0.573. The van der Waals surface area contributed by atoms with Gasteiger partial charge in [-0.05, 0) is 69.2 Å². The monoisotopic (exact) mass is 537 g/mol. The normalized spacial score (nSPS) is 22.0. The quantitative estimate of drug-likeness (QED) is 0.314. The topological polar surface area (TPSA) is 139 Å². The number of anilines is 3. The van der Waals surface area contributed by atoms with E-state index in [4.69, 9.17) is 5.73 Å². The molecule has 0 saturated carbocycles. The van der Waals surface area contributed by atoms with Gasteiger partial charge in [-0.3, -0.25) is 19.2 Å². The maximum Gasteiger partial charge on any atom is 0.271 e. The Bertz CT molecular complexity index is 1170. The zero-order valence-corrected chi connectivity index (χ0v) is 20.1. The minimum absolute atomic E-state index is 0.0465. The van der Waals surface area contributed by atoms with Gasteiger partial charge in [0.1, 0.15) is 6.54 Å². The van der Waals surface area contributed by atoms with Crippen molar-refractivity contribution >= 4 is 54.6 Å². The number of non-ortho nitro benzene ring substituents is 1. The fraction of sp³-hybridized carbons (Fsp3) is 0.381. The van der Waals surface area contributed by atoms with Gasteiger partial charge in [0.15, 0.2) is 0 Å². The highest BCUT2D eigenvalue weighted by molar-refractivity contribution is 9.10. The summed E-state index contributed by atoms with van der Waals surface area (Å²) in [6.45, 7) is 1.42. The minimum Gasteiger partial charge on any atom is -0.397 e. The van der Waals surface area contributed by atoms with E-state index < -0.39 is 32.1 Å². The SMILES string of the molecule is Nc1ccc([N+](=O)[O-])cc1N(CC(=O)Nc1ccc(Br)cc1)S(=O)(=O)C12CCN(CC1)CC2. The van der Waals surface area contributed by atoms with Crippen LogP contribution in [0.5, 0.6) is 0 Å². The summed E-state index contributed by atoms with van der Waals surface area (Å²) < 4.78 is 28.8. The molecular formula is C21H24BrN5O5S. The third-order valence-electron chi connectivity index (χ3n) is 6.40. The third-order valence-corrected chi connectivity index (χ3v) is 9.54. The number of nitrogens with two attached hydrogens (primary N) is 1. The molecule has 1 amide bonds. The number of amides is 1. The molecule has 0 radical (unpaired) electrons. The zero-order chi connectivity index (χ0) is 23.8. The lowest BCUT2D eigenvalue weighted by Gasteiger charge is -2.49. The average Bonchev–Trinajstić information content (AvgIpc) is 2.80. The molecular weight excluding hydrogens is 514 g/mol. The molecule has 3 saturated heterocycles. The Labute approximate surface area is 200 Å². The first-order valence-corrected chi connectivity index (χ1v) is 12.7. The molecule has 3 N–H and O–H groups in total. The first kappa shape index (κ1) is 23.5. The Morgan fingerprint density at radius 2 is 1.76 bits per heavy atom. The van der Waals surface area contributed by atoms with E-state index in [0.29, 0.717) is 44.6 Å². The third kappa shape index (κ3) is 4.55. The van der Waals surface area contributed by atoms with Gasteiger partial charge in [-0.1, -0.05) is 15.9 Å². The number of nitrogens with zero attached hydrogens (tertiary/aromatic N) is 3. The van der Waals surface area contributed by atoms with E-state index in [1.165, 1.54) is 12.1 Å². The van der Waals surface area contributed by atoms with E-state index in [2.05, 4.69) is 26.1 Å². The van der Waals surface area contributed by atoms with Crippen molar-refractivity contribution in [2.75, 3.05) is 41.5 Å². The van der Waals surface area contributed by atoms with Gasteiger partial charge in [-0.2, -0.15) is 0 Å².